The lowest BCUT2D eigenvalue weighted by molar-refractivity contribution is 0.211. The van der Waals surface area contributed by atoms with Gasteiger partial charge in [0.2, 0.25) is 0 Å². The summed E-state index contributed by atoms with van der Waals surface area (Å²) in [5, 5.41) is 0. The van der Waals surface area contributed by atoms with Gasteiger partial charge in [-0.2, -0.15) is 0 Å². The second-order valence-corrected chi connectivity index (χ2v) is 4.36. The number of para-hydroxylation sites is 1. The van der Waals surface area contributed by atoms with Gasteiger partial charge in [0.05, 0.1) is 0 Å². The van der Waals surface area contributed by atoms with Gasteiger partial charge in [0.15, 0.2) is 0 Å². The van der Waals surface area contributed by atoms with E-state index >= 15 is 0 Å². The predicted octanol–water partition coefficient (Wildman–Crippen LogP) is 2.88. The summed E-state index contributed by atoms with van der Waals surface area (Å²) >= 11 is 0. The highest BCUT2D eigenvalue weighted by atomic mass is 16.5. The average Bonchev–Trinajstić information content (AvgIpc) is 2.39. The number of amides is 1. The van der Waals surface area contributed by atoms with E-state index < -0.39 is 6.09 Å². The van der Waals surface area contributed by atoms with Gasteiger partial charge in [0.25, 0.3) is 0 Å². The minimum Gasteiger partial charge on any atom is -0.410 e. The number of hydrogen-bond acceptors (Lipinski definition) is 3. The molecule has 0 saturated carbocycles. The average molecular weight is 256 g/mol. The number of nitrogens with zero attached hydrogens (tertiary/aromatic N) is 1. The van der Waals surface area contributed by atoms with Gasteiger partial charge in [-0.15, -0.1) is 0 Å². The van der Waals surface area contributed by atoms with Gasteiger partial charge >= 0.3 is 6.09 Å². The largest absolute Gasteiger partial charge is 0.410 e. The van der Waals surface area contributed by atoms with Crippen molar-refractivity contribution in [1.29, 1.82) is 0 Å². The first-order valence-corrected chi connectivity index (χ1v) is 5.92. The zero-order valence-corrected chi connectivity index (χ0v) is 11.0. The van der Waals surface area contributed by atoms with Crippen molar-refractivity contribution in [3.05, 3.63) is 48.5 Å². The number of benzene rings is 2. The number of anilines is 1. The van der Waals surface area contributed by atoms with Gasteiger partial charge < -0.3 is 15.4 Å². The lowest BCUT2D eigenvalue weighted by atomic mass is 10.0. The van der Waals surface area contributed by atoms with Crippen LogP contribution in [-0.2, 0) is 0 Å². The molecule has 0 aliphatic heterocycles. The molecule has 1 amide bonds. The summed E-state index contributed by atoms with van der Waals surface area (Å²) in [7, 11) is 3.97. The van der Waals surface area contributed by atoms with Crippen molar-refractivity contribution in [2.75, 3.05) is 19.0 Å². The smallest absolute Gasteiger partial charge is 0.409 e. The zero-order chi connectivity index (χ0) is 13.8. The van der Waals surface area contributed by atoms with Crippen molar-refractivity contribution in [1.82, 2.24) is 0 Å². The van der Waals surface area contributed by atoms with Gasteiger partial charge in [-0.3, -0.25) is 0 Å². The topological polar surface area (TPSA) is 55.6 Å². The zero-order valence-electron chi connectivity index (χ0n) is 11.0. The Bertz CT molecular complexity index is 577. The summed E-state index contributed by atoms with van der Waals surface area (Å²) in [6, 6.07) is 15.3. The van der Waals surface area contributed by atoms with Gasteiger partial charge in [-0.05, 0) is 23.8 Å². The summed E-state index contributed by atoms with van der Waals surface area (Å²) in [5.74, 6) is 0.465. The van der Waals surface area contributed by atoms with E-state index in [9.17, 15) is 4.79 Å². The van der Waals surface area contributed by atoms with Crippen LogP contribution in [0.3, 0.4) is 0 Å². The molecule has 4 heteroatoms. The summed E-state index contributed by atoms with van der Waals surface area (Å²) in [6.07, 6.45) is -0.808. The summed E-state index contributed by atoms with van der Waals surface area (Å²) in [6.45, 7) is 0. The fourth-order valence-corrected chi connectivity index (χ4v) is 1.84. The second-order valence-electron chi connectivity index (χ2n) is 4.36. The number of carbonyl (C=O) groups is 1. The van der Waals surface area contributed by atoms with Crippen LogP contribution in [0.15, 0.2) is 48.5 Å². The normalized spacial score (nSPS) is 10.0. The van der Waals surface area contributed by atoms with Crippen LogP contribution in [0.4, 0.5) is 10.5 Å². The molecule has 0 heterocycles. The van der Waals surface area contributed by atoms with Gasteiger partial charge in [0, 0.05) is 25.3 Å². The number of hydrogen-bond donors (Lipinski definition) is 1. The molecular weight excluding hydrogens is 240 g/mol. The first-order valence-electron chi connectivity index (χ1n) is 5.92. The summed E-state index contributed by atoms with van der Waals surface area (Å²) < 4.78 is 5.01. The minimum absolute atomic E-state index is 0.465. The minimum atomic E-state index is -0.808. The Morgan fingerprint density at radius 3 is 2.26 bits per heavy atom. The van der Waals surface area contributed by atoms with Gasteiger partial charge in [-0.25, -0.2) is 4.79 Å². The molecule has 4 nitrogen and oxygen atoms in total. The number of nitrogens with two attached hydrogens (primary N) is 1. The van der Waals surface area contributed by atoms with Crippen LogP contribution < -0.4 is 15.4 Å². The van der Waals surface area contributed by atoms with Crippen LogP contribution in [0.1, 0.15) is 0 Å². The van der Waals surface area contributed by atoms with E-state index in [2.05, 4.69) is 0 Å². The van der Waals surface area contributed by atoms with E-state index in [4.69, 9.17) is 10.5 Å². The molecule has 98 valence electrons. The number of carbonyl (C=O) groups excluding carboxylic acids is 1. The Balaban J connectivity index is 2.38. The molecule has 0 spiro atoms. The van der Waals surface area contributed by atoms with Crippen molar-refractivity contribution in [3.8, 4) is 16.9 Å². The van der Waals surface area contributed by atoms with E-state index in [1.165, 1.54) is 0 Å². The second kappa shape index (κ2) is 5.44. The molecule has 0 aliphatic carbocycles. The molecule has 0 bridgehead atoms. The molecular formula is C15H16N2O2. The first-order chi connectivity index (χ1) is 9.08. The van der Waals surface area contributed by atoms with Crippen molar-refractivity contribution in [3.63, 3.8) is 0 Å². The van der Waals surface area contributed by atoms with E-state index in [1.54, 1.807) is 12.1 Å². The molecule has 0 aliphatic rings. The Morgan fingerprint density at radius 2 is 1.68 bits per heavy atom. The third kappa shape index (κ3) is 3.04. The Hall–Kier alpha value is -2.49. The van der Waals surface area contributed by atoms with Crippen molar-refractivity contribution in [2.24, 2.45) is 5.73 Å². The van der Waals surface area contributed by atoms with Crippen molar-refractivity contribution < 1.29 is 9.53 Å². The van der Waals surface area contributed by atoms with Crippen molar-refractivity contribution in [2.45, 2.75) is 0 Å². The van der Waals surface area contributed by atoms with Crippen LogP contribution in [-0.4, -0.2) is 20.2 Å². The molecule has 0 saturated heterocycles. The third-order valence-corrected chi connectivity index (χ3v) is 2.79. The van der Waals surface area contributed by atoms with Gasteiger partial charge in [-0.1, -0.05) is 30.3 Å². The SMILES string of the molecule is CN(C)c1ccc(-c2ccccc2OC(N)=O)cc1. The summed E-state index contributed by atoms with van der Waals surface area (Å²) in [4.78, 5) is 12.9. The highest BCUT2D eigenvalue weighted by Gasteiger charge is 2.08. The molecule has 2 aromatic rings. The van der Waals surface area contributed by atoms with Gasteiger partial charge in [0.1, 0.15) is 5.75 Å². The van der Waals surface area contributed by atoms with E-state index in [1.807, 2.05) is 55.4 Å². The van der Waals surface area contributed by atoms with Crippen molar-refractivity contribution >= 4 is 11.8 Å². The Morgan fingerprint density at radius 1 is 1.05 bits per heavy atom. The molecule has 2 rings (SSSR count). The highest BCUT2D eigenvalue weighted by molar-refractivity contribution is 5.76. The maximum Gasteiger partial charge on any atom is 0.409 e. The van der Waals surface area contributed by atoms with E-state index in [-0.39, 0.29) is 0 Å². The van der Waals surface area contributed by atoms with Crippen LogP contribution in [0.25, 0.3) is 11.1 Å². The Labute approximate surface area is 112 Å². The maximum atomic E-state index is 10.9. The fraction of sp³-hybridized carbons (Fsp3) is 0.133. The standard InChI is InChI=1S/C15H16N2O2/c1-17(2)12-9-7-11(8-10-12)13-5-3-4-6-14(13)19-15(16)18/h3-10H,1-2H3,(H2,16,18). The Kier molecular flexibility index (Phi) is 3.71. The molecule has 0 aromatic heterocycles. The lowest BCUT2D eigenvalue weighted by Gasteiger charge is -2.13. The fourth-order valence-electron chi connectivity index (χ4n) is 1.84. The molecule has 0 unspecified atom stereocenters. The van der Waals surface area contributed by atoms with Crippen LogP contribution in [0.5, 0.6) is 5.75 Å². The van der Waals surface area contributed by atoms with Crippen LogP contribution >= 0.6 is 0 Å². The monoisotopic (exact) mass is 256 g/mol. The quantitative estimate of drug-likeness (QED) is 0.918. The number of rotatable bonds is 3. The first kappa shape index (κ1) is 13.0. The number of primary amides is 1. The molecule has 19 heavy (non-hydrogen) atoms. The third-order valence-electron chi connectivity index (χ3n) is 2.79. The molecule has 0 atom stereocenters. The van der Waals surface area contributed by atoms with E-state index in [0.29, 0.717) is 5.75 Å². The van der Waals surface area contributed by atoms with E-state index in [0.717, 1.165) is 16.8 Å². The van der Waals surface area contributed by atoms with Crippen LogP contribution in [0.2, 0.25) is 0 Å². The molecule has 0 fully saturated rings. The molecule has 2 aromatic carbocycles. The molecule has 0 radical (unpaired) electrons. The molecule has 2 N–H and O–H groups in total. The maximum absolute atomic E-state index is 10.9. The van der Waals surface area contributed by atoms with Crippen LogP contribution in [0, 0.1) is 0 Å². The summed E-state index contributed by atoms with van der Waals surface area (Å²) in [5.41, 5.74) is 7.99. The highest BCUT2D eigenvalue weighted by Crippen LogP contribution is 2.30. The number of ether oxygens (including phenoxy) is 1. The predicted molar refractivity (Wildman–Crippen MR) is 76.4 cm³/mol. The lowest BCUT2D eigenvalue weighted by Crippen LogP contribution is -2.16.